The molecular weight excluding hydrogens is 372 g/mol. The minimum Gasteiger partial charge on any atom is -0.497 e. The maximum Gasteiger partial charge on any atom is 0.240 e. The molecule has 146 valence electrons. The van der Waals surface area contributed by atoms with Crippen LogP contribution in [0.4, 0.5) is 0 Å². The van der Waals surface area contributed by atoms with Gasteiger partial charge in [-0.2, -0.15) is 5.10 Å². The van der Waals surface area contributed by atoms with Crippen molar-refractivity contribution < 1.29 is 9.53 Å². The minimum atomic E-state index is -0.268. The van der Waals surface area contributed by atoms with Gasteiger partial charge in [-0.15, -0.1) is 0 Å². The van der Waals surface area contributed by atoms with Gasteiger partial charge in [0, 0.05) is 6.42 Å². The SMILES string of the molecule is CCCc1n[nH]c(=S)n1CC(=O)N[C@@H](c1ccccc1)c1ccc(OC)cc1. The molecule has 1 heterocycles. The second-order valence-corrected chi connectivity index (χ2v) is 6.85. The van der Waals surface area contributed by atoms with Gasteiger partial charge in [-0.1, -0.05) is 49.4 Å². The van der Waals surface area contributed by atoms with E-state index in [1.807, 2.05) is 54.6 Å². The fourth-order valence-corrected chi connectivity index (χ4v) is 3.29. The third-order valence-corrected chi connectivity index (χ3v) is 4.81. The van der Waals surface area contributed by atoms with Crippen LogP contribution in [0.25, 0.3) is 0 Å². The third-order valence-electron chi connectivity index (χ3n) is 4.50. The zero-order chi connectivity index (χ0) is 19.9. The molecular formula is C21H24N4O2S. The number of nitrogens with zero attached hydrogens (tertiary/aromatic N) is 2. The fourth-order valence-electron chi connectivity index (χ4n) is 3.08. The molecule has 28 heavy (non-hydrogen) atoms. The number of ether oxygens (including phenoxy) is 1. The Morgan fingerprint density at radius 2 is 1.86 bits per heavy atom. The van der Waals surface area contributed by atoms with E-state index in [0.717, 1.165) is 35.5 Å². The highest BCUT2D eigenvalue weighted by atomic mass is 32.1. The monoisotopic (exact) mass is 396 g/mol. The standard InChI is InChI=1S/C21H24N4O2S/c1-3-7-18-23-24-21(28)25(18)14-19(26)22-20(15-8-5-4-6-9-15)16-10-12-17(27-2)13-11-16/h4-6,8-13,20H,3,7,14H2,1-2H3,(H,22,26)(H,24,28)/t20-/m0/s1. The zero-order valence-electron chi connectivity index (χ0n) is 16.0. The molecule has 3 aromatic rings. The lowest BCUT2D eigenvalue weighted by Crippen LogP contribution is -2.32. The zero-order valence-corrected chi connectivity index (χ0v) is 16.8. The van der Waals surface area contributed by atoms with Crippen LogP contribution in [0.1, 0.15) is 36.3 Å². The van der Waals surface area contributed by atoms with E-state index in [2.05, 4.69) is 22.4 Å². The average Bonchev–Trinajstić information content (AvgIpc) is 3.07. The number of aromatic nitrogens is 3. The van der Waals surface area contributed by atoms with Gasteiger partial charge in [0.05, 0.1) is 13.2 Å². The number of nitrogens with one attached hydrogen (secondary N) is 2. The van der Waals surface area contributed by atoms with Gasteiger partial charge in [0.1, 0.15) is 18.1 Å². The normalized spacial score (nSPS) is 11.8. The summed E-state index contributed by atoms with van der Waals surface area (Å²) in [5.74, 6) is 1.44. The number of hydrogen-bond donors (Lipinski definition) is 2. The largest absolute Gasteiger partial charge is 0.497 e. The second kappa shape index (κ2) is 9.32. The lowest BCUT2D eigenvalue weighted by molar-refractivity contribution is -0.122. The van der Waals surface area contributed by atoms with Crippen molar-refractivity contribution in [2.24, 2.45) is 0 Å². The molecule has 0 fully saturated rings. The predicted molar refractivity (Wildman–Crippen MR) is 111 cm³/mol. The molecule has 0 bridgehead atoms. The van der Waals surface area contributed by atoms with E-state index in [0.29, 0.717) is 4.77 Å². The first-order chi connectivity index (χ1) is 13.6. The summed E-state index contributed by atoms with van der Waals surface area (Å²) in [7, 11) is 1.63. The Balaban J connectivity index is 1.84. The molecule has 0 aliphatic carbocycles. The van der Waals surface area contributed by atoms with Crippen LogP contribution in [0.2, 0.25) is 0 Å². The molecule has 0 radical (unpaired) electrons. The highest BCUT2D eigenvalue weighted by Crippen LogP contribution is 2.24. The Morgan fingerprint density at radius 1 is 1.18 bits per heavy atom. The Bertz CT molecular complexity index is 964. The van der Waals surface area contributed by atoms with Gasteiger partial charge in [-0.3, -0.25) is 14.5 Å². The number of carbonyl (C=O) groups excluding carboxylic acids is 1. The van der Waals surface area contributed by atoms with Crippen molar-refractivity contribution in [2.75, 3.05) is 7.11 Å². The third kappa shape index (κ3) is 4.67. The summed E-state index contributed by atoms with van der Waals surface area (Å²) in [5.41, 5.74) is 1.98. The highest BCUT2D eigenvalue weighted by molar-refractivity contribution is 7.71. The molecule has 1 aromatic heterocycles. The van der Waals surface area contributed by atoms with Crippen molar-refractivity contribution in [1.29, 1.82) is 0 Å². The lowest BCUT2D eigenvalue weighted by Gasteiger charge is -2.20. The van der Waals surface area contributed by atoms with Crippen molar-refractivity contribution in [3.8, 4) is 5.75 Å². The number of methoxy groups -OCH3 is 1. The van der Waals surface area contributed by atoms with Crippen LogP contribution in [0.3, 0.4) is 0 Å². The van der Waals surface area contributed by atoms with Crippen molar-refractivity contribution in [3.05, 3.63) is 76.3 Å². The molecule has 0 aliphatic heterocycles. The summed E-state index contributed by atoms with van der Waals surface area (Å²) in [6, 6.07) is 17.3. The van der Waals surface area contributed by atoms with Crippen LogP contribution in [-0.2, 0) is 17.8 Å². The summed E-state index contributed by atoms with van der Waals surface area (Å²) in [6.45, 7) is 2.20. The number of amides is 1. The molecule has 6 nitrogen and oxygen atoms in total. The van der Waals surface area contributed by atoms with Gasteiger partial charge in [0.15, 0.2) is 4.77 Å². The molecule has 3 rings (SSSR count). The van der Waals surface area contributed by atoms with E-state index in [-0.39, 0.29) is 18.5 Å². The Morgan fingerprint density at radius 3 is 2.50 bits per heavy atom. The topological polar surface area (TPSA) is 71.9 Å². The van der Waals surface area contributed by atoms with Gasteiger partial charge in [-0.25, -0.2) is 0 Å². The number of aromatic amines is 1. The highest BCUT2D eigenvalue weighted by Gasteiger charge is 2.18. The summed E-state index contributed by atoms with van der Waals surface area (Å²) >= 11 is 5.28. The molecule has 0 unspecified atom stereocenters. The van der Waals surface area contributed by atoms with Crippen molar-refractivity contribution in [1.82, 2.24) is 20.1 Å². The van der Waals surface area contributed by atoms with Crippen LogP contribution >= 0.6 is 12.2 Å². The molecule has 0 spiro atoms. The van der Waals surface area contributed by atoms with Crippen LogP contribution in [0.15, 0.2) is 54.6 Å². The first-order valence-corrected chi connectivity index (χ1v) is 9.65. The maximum absolute atomic E-state index is 12.9. The molecule has 0 saturated carbocycles. The number of benzene rings is 2. The average molecular weight is 397 g/mol. The quantitative estimate of drug-likeness (QED) is 0.568. The van der Waals surface area contributed by atoms with E-state index < -0.39 is 0 Å². The van der Waals surface area contributed by atoms with Gasteiger partial charge in [-0.05, 0) is 41.9 Å². The van der Waals surface area contributed by atoms with Crippen LogP contribution in [-0.4, -0.2) is 27.8 Å². The summed E-state index contributed by atoms with van der Waals surface area (Å²) < 4.78 is 7.45. The van der Waals surface area contributed by atoms with Crippen LogP contribution in [0, 0.1) is 4.77 Å². The minimum absolute atomic E-state index is 0.125. The number of carbonyl (C=O) groups is 1. The molecule has 0 saturated heterocycles. The van der Waals surface area contributed by atoms with Gasteiger partial charge < -0.3 is 10.1 Å². The van der Waals surface area contributed by atoms with Gasteiger partial charge in [0.2, 0.25) is 5.91 Å². The summed E-state index contributed by atoms with van der Waals surface area (Å²) in [6.07, 6.45) is 1.70. The van der Waals surface area contributed by atoms with Gasteiger partial charge >= 0.3 is 0 Å². The smallest absolute Gasteiger partial charge is 0.240 e. The Hall–Kier alpha value is -2.93. The second-order valence-electron chi connectivity index (χ2n) is 6.47. The Labute approximate surface area is 169 Å². The molecule has 2 aromatic carbocycles. The molecule has 2 N–H and O–H groups in total. The van der Waals surface area contributed by atoms with Crippen molar-refractivity contribution in [2.45, 2.75) is 32.4 Å². The van der Waals surface area contributed by atoms with Crippen molar-refractivity contribution >= 4 is 18.1 Å². The molecule has 0 aliphatic rings. The fraction of sp³-hybridized carbons (Fsp3) is 0.286. The first kappa shape index (κ1) is 19.8. The summed E-state index contributed by atoms with van der Waals surface area (Å²) in [4.78, 5) is 12.9. The van der Waals surface area contributed by atoms with Crippen LogP contribution < -0.4 is 10.1 Å². The van der Waals surface area contributed by atoms with Crippen molar-refractivity contribution in [3.63, 3.8) is 0 Å². The summed E-state index contributed by atoms with van der Waals surface area (Å²) in [5, 5.41) is 10.1. The van der Waals surface area contributed by atoms with Crippen LogP contribution in [0.5, 0.6) is 5.75 Å². The molecule has 1 atom stereocenters. The first-order valence-electron chi connectivity index (χ1n) is 9.24. The number of hydrogen-bond acceptors (Lipinski definition) is 4. The van der Waals surface area contributed by atoms with E-state index in [1.54, 1.807) is 11.7 Å². The van der Waals surface area contributed by atoms with E-state index >= 15 is 0 Å². The lowest BCUT2D eigenvalue weighted by atomic mass is 9.98. The van der Waals surface area contributed by atoms with E-state index in [4.69, 9.17) is 17.0 Å². The molecule has 7 heteroatoms. The van der Waals surface area contributed by atoms with E-state index in [1.165, 1.54) is 0 Å². The predicted octanol–water partition coefficient (Wildman–Crippen LogP) is 3.81. The number of H-pyrrole nitrogens is 1. The van der Waals surface area contributed by atoms with E-state index in [9.17, 15) is 4.79 Å². The van der Waals surface area contributed by atoms with Gasteiger partial charge in [0.25, 0.3) is 0 Å². The Kier molecular flexibility index (Phi) is 6.60. The number of aryl methyl sites for hydroxylation is 1. The number of rotatable bonds is 8. The molecule has 1 amide bonds. The maximum atomic E-state index is 12.9.